The lowest BCUT2D eigenvalue weighted by atomic mass is 9.98. The van der Waals surface area contributed by atoms with Gasteiger partial charge in [0.05, 0.1) is 5.92 Å². The number of hydrogen-bond donors (Lipinski definition) is 1. The van der Waals surface area contributed by atoms with Gasteiger partial charge in [0, 0.05) is 31.3 Å². The fraction of sp³-hybridized carbons (Fsp3) is 0.222. The third-order valence-electron chi connectivity index (χ3n) is 3.97. The molecular formula is C18H18N2O2. The molecule has 1 fully saturated rings. The van der Waals surface area contributed by atoms with Gasteiger partial charge in [0.25, 0.3) is 0 Å². The first kappa shape index (κ1) is 14.3. The molecule has 22 heavy (non-hydrogen) atoms. The van der Waals surface area contributed by atoms with E-state index in [1.807, 2.05) is 54.6 Å². The summed E-state index contributed by atoms with van der Waals surface area (Å²) in [6.45, 7) is 2.54. The molecule has 1 saturated heterocycles. The summed E-state index contributed by atoms with van der Waals surface area (Å²) in [5, 5.41) is 2.99. The van der Waals surface area contributed by atoms with E-state index >= 15 is 0 Å². The highest BCUT2D eigenvalue weighted by Gasteiger charge is 2.34. The van der Waals surface area contributed by atoms with Crippen molar-refractivity contribution in [1.82, 2.24) is 4.90 Å². The Balaban J connectivity index is 1.74. The maximum atomic E-state index is 12.3. The molecule has 2 aromatic carbocycles. The van der Waals surface area contributed by atoms with Gasteiger partial charge in [-0.25, -0.2) is 0 Å². The fourth-order valence-electron chi connectivity index (χ4n) is 2.60. The van der Waals surface area contributed by atoms with Crippen LogP contribution in [0.1, 0.15) is 6.92 Å². The minimum atomic E-state index is -0.118. The van der Waals surface area contributed by atoms with Gasteiger partial charge in [-0.3, -0.25) is 9.59 Å². The highest BCUT2D eigenvalue weighted by atomic mass is 16.2. The first-order valence-corrected chi connectivity index (χ1v) is 7.36. The number of benzene rings is 2. The number of para-hydroxylation sites is 1. The minimum absolute atomic E-state index is 0.0220. The van der Waals surface area contributed by atoms with E-state index < -0.39 is 0 Å². The van der Waals surface area contributed by atoms with Gasteiger partial charge in [-0.05, 0) is 11.6 Å². The SMILES string of the molecule is CC(=O)N1CC(C(=O)Nc2ccccc2-c2ccccc2)C1. The van der Waals surface area contributed by atoms with E-state index in [-0.39, 0.29) is 17.7 Å². The van der Waals surface area contributed by atoms with Crippen molar-refractivity contribution in [2.75, 3.05) is 18.4 Å². The second-order valence-corrected chi connectivity index (χ2v) is 5.52. The van der Waals surface area contributed by atoms with Gasteiger partial charge in [-0.1, -0.05) is 48.5 Å². The van der Waals surface area contributed by atoms with Crippen LogP contribution in [0.25, 0.3) is 11.1 Å². The number of anilines is 1. The quantitative estimate of drug-likeness (QED) is 0.946. The molecule has 4 heteroatoms. The number of nitrogens with one attached hydrogen (secondary N) is 1. The molecular weight excluding hydrogens is 276 g/mol. The molecule has 4 nitrogen and oxygen atoms in total. The maximum absolute atomic E-state index is 12.3. The largest absolute Gasteiger partial charge is 0.341 e. The molecule has 0 aliphatic carbocycles. The second kappa shape index (κ2) is 6.02. The Morgan fingerprint density at radius 3 is 2.32 bits per heavy atom. The average Bonchev–Trinajstić information content (AvgIpc) is 2.46. The highest BCUT2D eigenvalue weighted by molar-refractivity contribution is 5.98. The van der Waals surface area contributed by atoms with Gasteiger partial charge in [-0.15, -0.1) is 0 Å². The Kier molecular flexibility index (Phi) is 3.92. The molecule has 0 radical (unpaired) electrons. The van der Waals surface area contributed by atoms with Crippen LogP contribution < -0.4 is 5.32 Å². The first-order valence-electron chi connectivity index (χ1n) is 7.36. The number of carbonyl (C=O) groups is 2. The maximum Gasteiger partial charge on any atom is 0.231 e. The number of rotatable bonds is 3. The minimum Gasteiger partial charge on any atom is -0.341 e. The molecule has 0 atom stereocenters. The molecule has 0 bridgehead atoms. The topological polar surface area (TPSA) is 49.4 Å². The summed E-state index contributed by atoms with van der Waals surface area (Å²) in [5.41, 5.74) is 2.87. The number of amides is 2. The van der Waals surface area contributed by atoms with Gasteiger partial charge in [0.2, 0.25) is 11.8 Å². The normalized spacial score (nSPS) is 14.3. The van der Waals surface area contributed by atoms with Gasteiger partial charge in [0.15, 0.2) is 0 Å². The van der Waals surface area contributed by atoms with E-state index in [2.05, 4.69) is 5.32 Å². The molecule has 1 aliphatic heterocycles. The average molecular weight is 294 g/mol. The zero-order valence-electron chi connectivity index (χ0n) is 12.5. The lowest BCUT2D eigenvalue weighted by Gasteiger charge is -2.37. The van der Waals surface area contributed by atoms with E-state index in [1.54, 1.807) is 4.90 Å². The summed E-state index contributed by atoms with van der Waals surface area (Å²) in [6, 6.07) is 17.7. The molecule has 0 unspecified atom stereocenters. The number of hydrogen-bond acceptors (Lipinski definition) is 2. The van der Waals surface area contributed by atoms with Crippen molar-refractivity contribution in [3.8, 4) is 11.1 Å². The summed E-state index contributed by atoms with van der Waals surface area (Å²) in [5.74, 6) is -0.123. The third-order valence-corrected chi connectivity index (χ3v) is 3.97. The fourth-order valence-corrected chi connectivity index (χ4v) is 2.60. The summed E-state index contributed by atoms with van der Waals surface area (Å²) >= 11 is 0. The Morgan fingerprint density at radius 2 is 1.64 bits per heavy atom. The molecule has 3 rings (SSSR count). The molecule has 2 amide bonds. The molecule has 112 valence electrons. The second-order valence-electron chi connectivity index (χ2n) is 5.52. The predicted molar refractivity (Wildman–Crippen MR) is 86.3 cm³/mol. The van der Waals surface area contributed by atoms with Crippen LogP contribution in [0.15, 0.2) is 54.6 Å². The van der Waals surface area contributed by atoms with Crippen molar-refractivity contribution >= 4 is 17.5 Å². The zero-order valence-corrected chi connectivity index (χ0v) is 12.5. The van der Waals surface area contributed by atoms with Crippen molar-refractivity contribution in [2.45, 2.75) is 6.92 Å². The van der Waals surface area contributed by atoms with Crippen LogP contribution in [0.3, 0.4) is 0 Å². The van der Waals surface area contributed by atoms with Crippen LogP contribution in [0.2, 0.25) is 0 Å². The lowest BCUT2D eigenvalue weighted by molar-refractivity contribution is -0.139. The highest BCUT2D eigenvalue weighted by Crippen LogP contribution is 2.28. The number of nitrogens with zero attached hydrogens (tertiary/aromatic N) is 1. The summed E-state index contributed by atoms with van der Waals surface area (Å²) in [6.07, 6.45) is 0. The van der Waals surface area contributed by atoms with E-state index in [0.717, 1.165) is 16.8 Å². The van der Waals surface area contributed by atoms with Crippen molar-refractivity contribution in [1.29, 1.82) is 0 Å². The summed E-state index contributed by atoms with van der Waals surface area (Å²) in [7, 11) is 0. The molecule has 2 aromatic rings. The molecule has 0 spiro atoms. The smallest absolute Gasteiger partial charge is 0.231 e. The van der Waals surface area contributed by atoms with Crippen LogP contribution in [0.5, 0.6) is 0 Å². The number of likely N-dealkylation sites (tertiary alicyclic amines) is 1. The monoisotopic (exact) mass is 294 g/mol. The molecule has 0 aromatic heterocycles. The van der Waals surface area contributed by atoms with Crippen LogP contribution in [0, 0.1) is 5.92 Å². The number of carbonyl (C=O) groups excluding carboxylic acids is 2. The van der Waals surface area contributed by atoms with Crippen LogP contribution in [-0.4, -0.2) is 29.8 Å². The third kappa shape index (κ3) is 2.86. The first-order chi connectivity index (χ1) is 10.6. The molecule has 0 saturated carbocycles. The van der Waals surface area contributed by atoms with Gasteiger partial charge in [-0.2, -0.15) is 0 Å². The van der Waals surface area contributed by atoms with Gasteiger partial charge < -0.3 is 10.2 Å². The standard InChI is InChI=1S/C18H18N2O2/c1-13(21)20-11-15(12-20)18(22)19-17-10-6-5-9-16(17)14-7-3-2-4-8-14/h2-10,15H,11-12H2,1H3,(H,19,22). The van der Waals surface area contributed by atoms with E-state index in [1.165, 1.54) is 6.92 Å². The van der Waals surface area contributed by atoms with Crippen LogP contribution in [-0.2, 0) is 9.59 Å². The van der Waals surface area contributed by atoms with E-state index in [4.69, 9.17) is 0 Å². The summed E-state index contributed by atoms with van der Waals surface area (Å²) < 4.78 is 0. The zero-order chi connectivity index (χ0) is 15.5. The molecule has 1 heterocycles. The van der Waals surface area contributed by atoms with Crippen molar-refractivity contribution in [3.63, 3.8) is 0 Å². The Bertz CT molecular complexity index is 691. The van der Waals surface area contributed by atoms with E-state index in [0.29, 0.717) is 13.1 Å². The van der Waals surface area contributed by atoms with Crippen molar-refractivity contribution in [3.05, 3.63) is 54.6 Å². The lowest BCUT2D eigenvalue weighted by Crippen LogP contribution is -2.53. The van der Waals surface area contributed by atoms with E-state index in [9.17, 15) is 9.59 Å². The van der Waals surface area contributed by atoms with Crippen LogP contribution >= 0.6 is 0 Å². The predicted octanol–water partition coefficient (Wildman–Crippen LogP) is 2.77. The Labute approximate surface area is 129 Å². The Hall–Kier alpha value is -2.62. The van der Waals surface area contributed by atoms with Gasteiger partial charge >= 0.3 is 0 Å². The van der Waals surface area contributed by atoms with Crippen molar-refractivity contribution < 1.29 is 9.59 Å². The summed E-state index contributed by atoms with van der Waals surface area (Å²) in [4.78, 5) is 25.2. The van der Waals surface area contributed by atoms with Crippen LogP contribution in [0.4, 0.5) is 5.69 Å². The van der Waals surface area contributed by atoms with Crippen molar-refractivity contribution in [2.24, 2.45) is 5.92 Å². The Morgan fingerprint density at radius 1 is 1.00 bits per heavy atom. The molecule has 1 aliphatic rings. The van der Waals surface area contributed by atoms with Gasteiger partial charge in [0.1, 0.15) is 0 Å². The molecule has 1 N–H and O–H groups in total.